The molecule has 8 heteroatoms. The molecule has 1 fully saturated rings. The van der Waals surface area contributed by atoms with Crippen molar-refractivity contribution >= 4 is 18.0 Å². The summed E-state index contributed by atoms with van der Waals surface area (Å²) in [5.41, 5.74) is 4.53. The van der Waals surface area contributed by atoms with E-state index in [2.05, 4.69) is 29.6 Å². The van der Waals surface area contributed by atoms with Crippen LogP contribution in [0.4, 0.5) is 4.79 Å². The molecule has 8 nitrogen and oxygen atoms in total. The first-order chi connectivity index (χ1) is 17.0. The number of nitrogens with one attached hydrogen (secondary N) is 1. The lowest BCUT2D eigenvalue weighted by molar-refractivity contribution is -0.137. The van der Waals surface area contributed by atoms with Gasteiger partial charge in [0.1, 0.15) is 12.6 Å². The highest BCUT2D eigenvalue weighted by Crippen LogP contribution is 2.44. The maximum atomic E-state index is 13.2. The van der Waals surface area contributed by atoms with Gasteiger partial charge in [0.05, 0.1) is 6.61 Å². The fourth-order valence-corrected chi connectivity index (χ4v) is 5.17. The molecule has 1 aliphatic heterocycles. The Bertz CT molecular complexity index is 1030. The monoisotopic (exact) mass is 480 g/mol. The highest BCUT2D eigenvalue weighted by molar-refractivity contribution is 5.86. The third-order valence-electron chi connectivity index (χ3n) is 6.86. The van der Waals surface area contributed by atoms with Gasteiger partial charge in [0.2, 0.25) is 5.91 Å². The van der Waals surface area contributed by atoms with Crippen LogP contribution in [0.25, 0.3) is 11.1 Å². The predicted octanol–water partition coefficient (Wildman–Crippen LogP) is 3.64. The van der Waals surface area contributed by atoms with Gasteiger partial charge in [-0.3, -0.25) is 9.59 Å². The molecular weight excluding hydrogens is 448 g/mol. The molecule has 2 aliphatic rings. The Labute approximate surface area is 205 Å². The first kappa shape index (κ1) is 24.7. The van der Waals surface area contributed by atoms with Gasteiger partial charge >= 0.3 is 12.1 Å². The Balaban J connectivity index is 1.36. The summed E-state index contributed by atoms with van der Waals surface area (Å²) < 4.78 is 10.8. The molecule has 0 saturated carbocycles. The standard InChI is InChI=1S/C27H32N2O6/c1-34-17-24(26(32)29-14-6-7-18(15-29)12-13-25(30)31)28-27(33)35-16-23-21-10-4-2-8-19(21)20-9-3-5-11-22(20)23/h2-5,8-11,18,23-24H,6-7,12-17H2,1H3,(H,28,33)(H,30,31). The number of alkyl carbamates (subject to hydrolysis) is 1. The molecule has 0 bridgehead atoms. The van der Waals surface area contributed by atoms with E-state index >= 15 is 0 Å². The molecule has 1 heterocycles. The Morgan fingerprint density at radius 2 is 1.74 bits per heavy atom. The summed E-state index contributed by atoms with van der Waals surface area (Å²) in [4.78, 5) is 38.5. The summed E-state index contributed by atoms with van der Waals surface area (Å²) in [5, 5.41) is 11.6. The van der Waals surface area contributed by atoms with Crippen molar-refractivity contribution in [1.29, 1.82) is 0 Å². The molecule has 0 aromatic heterocycles. The van der Waals surface area contributed by atoms with E-state index in [0.29, 0.717) is 19.5 Å². The number of carbonyl (C=O) groups excluding carboxylic acids is 2. The van der Waals surface area contributed by atoms with Crippen LogP contribution < -0.4 is 5.32 Å². The molecule has 0 radical (unpaired) electrons. The summed E-state index contributed by atoms with van der Waals surface area (Å²) in [6, 6.07) is 15.3. The van der Waals surface area contributed by atoms with Gasteiger partial charge in [0, 0.05) is 32.5 Å². The van der Waals surface area contributed by atoms with Gasteiger partial charge in [0.15, 0.2) is 0 Å². The topological polar surface area (TPSA) is 105 Å². The molecule has 186 valence electrons. The maximum Gasteiger partial charge on any atom is 0.407 e. The van der Waals surface area contributed by atoms with Crippen LogP contribution in [0.3, 0.4) is 0 Å². The van der Waals surface area contributed by atoms with Gasteiger partial charge in [-0.15, -0.1) is 0 Å². The van der Waals surface area contributed by atoms with Crippen LogP contribution in [-0.4, -0.2) is 67.4 Å². The first-order valence-electron chi connectivity index (χ1n) is 12.1. The van der Waals surface area contributed by atoms with Crippen LogP contribution in [-0.2, 0) is 19.1 Å². The molecule has 2 atom stereocenters. The van der Waals surface area contributed by atoms with E-state index in [9.17, 15) is 14.4 Å². The third kappa shape index (κ3) is 5.82. The van der Waals surface area contributed by atoms with Crippen molar-refractivity contribution in [3.05, 3.63) is 59.7 Å². The minimum Gasteiger partial charge on any atom is -0.481 e. The van der Waals surface area contributed by atoms with Gasteiger partial charge in [0.25, 0.3) is 0 Å². The quantitative estimate of drug-likeness (QED) is 0.568. The molecule has 2 amide bonds. The Kier molecular flexibility index (Phi) is 8.02. The van der Waals surface area contributed by atoms with E-state index < -0.39 is 18.1 Å². The van der Waals surface area contributed by atoms with Crippen LogP contribution in [0.1, 0.15) is 42.7 Å². The Morgan fingerprint density at radius 3 is 2.37 bits per heavy atom. The van der Waals surface area contributed by atoms with E-state index in [4.69, 9.17) is 14.6 Å². The number of nitrogens with zero attached hydrogens (tertiary/aromatic N) is 1. The fourth-order valence-electron chi connectivity index (χ4n) is 5.17. The number of amides is 2. The molecule has 1 aliphatic carbocycles. The zero-order valence-electron chi connectivity index (χ0n) is 19.9. The summed E-state index contributed by atoms with van der Waals surface area (Å²) in [5.74, 6) is -0.994. The van der Waals surface area contributed by atoms with Crippen LogP contribution in [0, 0.1) is 5.92 Å². The Hall–Kier alpha value is -3.39. The molecule has 35 heavy (non-hydrogen) atoms. The zero-order chi connectivity index (χ0) is 24.8. The van der Waals surface area contributed by atoms with Crippen molar-refractivity contribution in [2.24, 2.45) is 5.92 Å². The number of likely N-dealkylation sites (tertiary alicyclic amines) is 1. The largest absolute Gasteiger partial charge is 0.481 e. The summed E-state index contributed by atoms with van der Waals surface area (Å²) in [6.45, 7) is 1.25. The van der Waals surface area contributed by atoms with E-state index in [1.165, 1.54) is 7.11 Å². The first-order valence-corrected chi connectivity index (χ1v) is 12.1. The second-order valence-corrected chi connectivity index (χ2v) is 9.20. The number of piperidine rings is 1. The van der Waals surface area contributed by atoms with Crippen molar-refractivity contribution in [3.8, 4) is 11.1 Å². The summed E-state index contributed by atoms with van der Waals surface area (Å²) in [7, 11) is 1.48. The van der Waals surface area contributed by atoms with Crippen LogP contribution in [0.15, 0.2) is 48.5 Å². The van der Waals surface area contributed by atoms with Gasteiger partial charge in [-0.25, -0.2) is 4.79 Å². The van der Waals surface area contributed by atoms with Gasteiger partial charge in [-0.05, 0) is 47.4 Å². The molecule has 2 unspecified atom stereocenters. The number of hydrogen-bond donors (Lipinski definition) is 2. The van der Waals surface area contributed by atoms with Crippen LogP contribution in [0.2, 0.25) is 0 Å². The molecule has 1 saturated heterocycles. The lowest BCUT2D eigenvalue weighted by atomic mass is 9.93. The molecule has 2 aromatic rings. The highest BCUT2D eigenvalue weighted by Gasteiger charge is 2.32. The number of carboxylic acids is 1. The molecule has 0 spiro atoms. The highest BCUT2D eigenvalue weighted by atomic mass is 16.5. The molecular formula is C27H32N2O6. The van der Waals surface area contributed by atoms with Gasteiger partial charge in [-0.1, -0.05) is 48.5 Å². The van der Waals surface area contributed by atoms with E-state index in [-0.39, 0.29) is 37.4 Å². The second kappa shape index (κ2) is 11.4. The summed E-state index contributed by atoms with van der Waals surface area (Å²) >= 11 is 0. The zero-order valence-corrected chi connectivity index (χ0v) is 19.9. The number of benzene rings is 2. The lowest BCUT2D eigenvalue weighted by Crippen LogP contribution is -2.53. The fraction of sp³-hybridized carbons (Fsp3) is 0.444. The number of hydrogen-bond acceptors (Lipinski definition) is 5. The van der Waals surface area contributed by atoms with E-state index in [1.807, 2.05) is 24.3 Å². The predicted molar refractivity (Wildman–Crippen MR) is 130 cm³/mol. The maximum absolute atomic E-state index is 13.2. The Morgan fingerprint density at radius 1 is 1.09 bits per heavy atom. The number of carbonyl (C=O) groups is 3. The number of ether oxygens (including phenoxy) is 2. The van der Waals surface area contributed by atoms with Crippen molar-refractivity contribution < 1.29 is 29.0 Å². The van der Waals surface area contributed by atoms with Crippen molar-refractivity contribution in [2.75, 3.05) is 33.4 Å². The van der Waals surface area contributed by atoms with E-state index in [1.54, 1.807) is 4.90 Å². The molecule has 2 aromatic carbocycles. The average Bonchev–Trinajstić information content (AvgIpc) is 3.19. The number of carboxylic acid groups (broad SMARTS) is 1. The van der Waals surface area contributed by atoms with Crippen molar-refractivity contribution in [1.82, 2.24) is 10.2 Å². The number of rotatable bonds is 9. The number of methoxy groups -OCH3 is 1. The molecule has 4 rings (SSSR count). The number of aliphatic carboxylic acids is 1. The minimum absolute atomic E-state index is 0.0271. The smallest absolute Gasteiger partial charge is 0.407 e. The second-order valence-electron chi connectivity index (χ2n) is 9.20. The lowest BCUT2D eigenvalue weighted by Gasteiger charge is -2.34. The summed E-state index contributed by atoms with van der Waals surface area (Å²) in [6.07, 6.45) is 1.66. The van der Waals surface area contributed by atoms with Crippen molar-refractivity contribution in [3.63, 3.8) is 0 Å². The van der Waals surface area contributed by atoms with Crippen LogP contribution in [0.5, 0.6) is 0 Å². The number of fused-ring (bicyclic) bond motifs is 3. The van der Waals surface area contributed by atoms with Crippen molar-refractivity contribution in [2.45, 2.75) is 37.6 Å². The average molecular weight is 481 g/mol. The molecule has 2 N–H and O–H groups in total. The van der Waals surface area contributed by atoms with Crippen LogP contribution >= 0.6 is 0 Å². The normalized spacial score (nSPS) is 17.9. The minimum atomic E-state index is -0.867. The van der Waals surface area contributed by atoms with Gasteiger partial charge in [-0.2, -0.15) is 0 Å². The van der Waals surface area contributed by atoms with Gasteiger partial charge < -0.3 is 24.8 Å². The third-order valence-corrected chi connectivity index (χ3v) is 6.86. The SMILES string of the molecule is COCC(NC(=O)OCC1c2ccccc2-c2ccccc21)C(=O)N1CCCC(CCC(=O)O)C1. The van der Waals surface area contributed by atoms with E-state index in [0.717, 1.165) is 35.1 Å².